The van der Waals surface area contributed by atoms with E-state index in [-0.39, 0.29) is 23.4 Å². The predicted molar refractivity (Wildman–Crippen MR) is 107 cm³/mol. The molecule has 0 radical (unpaired) electrons. The van der Waals surface area contributed by atoms with Crippen LogP contribution < -0.4 is 10.0 Å². The summed E-state index contributed by atoms with van der Waals surface area (Å²) in [5, 5.41) is 11.1. The van der Waals surface area contributed by atoms with Gasteiger partial charge in [-0.1, -0.05) is 12.1 Å². The number of nitrogens with one attached hydrogen (secondary N) is 2. The Morgan fingerprint density at radius 1 is 1.10 bits per heavy atom. The molecule has 0 spiro atoms. The minimum atomic E-state index is -3.76. The molecule has 8 nitrogen and oxygen atoms in total. The van der Waals surface area contributed by atoms with Crippen molar-refractivity contribution < 1.29 is 22.7 Å². The molecule has 9 heteroatoms. The molecule has 0 unspecified atom stereocenters. The van der Waals surface area contributed by atoms with Gasteiger partial charge in [0.2, 0.25) is 10.0 Å². The van der Waals surface area contributed by atoms with Gasteiger partial charge in [-0.15, -0.1) is 0 Å². The number of anilines is 1. The zero-order chi connectivity index (χ0) is 21.4. The highest BCUT2D eigenvalue weighted by Gasteiger charge is 2.16. The second-order valence-corrected chi connectivity index (χ2v) is 8.04. The van der Waals surface area contributed by atoms with Crippen LogP contribution >= 0.6 is 0 Å². The fourth-order valence-corrected chi connectivity index (χ4v) is 3.40. The summed E-state index contributed by atoms with van der Waals surface area (Å²) in [5.74, 6) is -1.23. The lowest BCUT2D eigenvalue weighted by Crippen LogP contribution is -2.24. The molecule has 1 amide bonds. The van der Waals surface area contributed by atoms with E-state index in [0.29, 0.717) is 5.69 Å². The molecular weight excluding hydrogens is 394 g/mol. The number of hydrogen-bond donors (Lipinski definition) is 2. The summed E-state index contributed by atoms with van der Waals surface area (Å²) in [6, 6.07) is 12.6. The van der Waals surface area contributed by atoms with Crippen LogP contribution in [0.3, 0.4) is 0 Å². The van der Waals surface area contributed by atoms with Gasteiger partial charge in [0, 0.05) is 18.7 Å². The van der Waals surface area contributed by atoms with Crippen molar-refractivity contribution in [3.8, 4) is 6.07 Å². The van der Waals surface area contributed by atoms with Gasteiger partial charge in [-0.3, -0.25) is 4.79 Å². The van der Waals surface area contributed by atoms with Crippen molar-refractivity contribution in [2.45, 2.75) is 25.2 Å². The van der Waals surface area contributed by atoms with E-state index in [0.717, 1.165) is 11.1 Å². The molecule has 152 valence electrons. The van der Waals surface area contributed by atoms with Gasteiger partial charge in [0.15, 0.2) is 6.61 Å². The van der Waals surface area contributed by atoms with E-state index in [1.165, 1.54) is 24.3 Å². The van der Waals surface area contributed by atoms with Gasteiger partial charge in [-0.25, -0.2) is 17.9 Å². The van der Waals surface area contributed by atoms with E-state index in [2.05, 4.69) is 10.0 Å². The molecule has 2 rings (SSSR count). The third-order valence-corrected chi connectivity index (χ3v) is 5.41. The Hall–Kier alpha value is -3.22. The molecule has 0 saturated heterocycles. The predicted octanol–water partition coefficient (Wildman–Crippen LogP) is 2.29. The van der Waals surface area contributed by atoms with E-state index in [4.69, 9.17) is 10.00 Å². The Bertz CT molecular complexity index is 1040. The van der Waals surface area contributed by atoms with Gasteiger partial charge in [0.05, 0.1) is 16.5 Å². The topological polar surface area (TPSA) is 125 Å². The lowest BCUT2D eigenvalue weighted by molar-refractivity contribution is -0.119. The highest BCUT2D eigenvalue weighted by atomic mass is 32.2. The van der Waals surface area contributed by atoms with Crippen LogP contribution in [-0.4, -0.2) is 33.4 Å². The summed E-state index contributed by atoms with van der Waals surface area (Å²) in [4.78, 5) is 24.1. The number of carbonyl (C=O) groups excluding carboxylic acids is 2. The molecule has 0 atom stereocenters. The van der Waals surface area contributed by atoms with Crippen molar-refractivity contribution in [1.82, 2.24) is 4.72 Å². The van der Waals surface area contributed by atoms with Crippen LogP contribution in [0.1, 0.15) is 27.9 Å². The average Bonchev–Trinajstić information content (AvgIpc) is 2.69. The van der Waals surface area contributed by atoms with Crippen LogP contribution in [0.25, 0.3) is 0 Å². The Kier molecular flexibility index (Phi) is 7.47. The van der Waals surface area contributed by atoms with Crippen molar-refractivity contribution in [1.29, 1.82) is 5.26 Å². The summed E-state index contributed by atoms with van der Waals surface area (Å²) in [5.41, 5.74) is 2.63. The number of esters is 1. The van der Waals surface area contributed by atoms with Crippen LogP contribution in [0.15, 0.2) is 47.4 Å². The molecule has 0 saturated carbocycles. The number of hydrogen-bond acceptors (Lipinski definition) is 6. The number of carbonyl (C=O) groups is 2. The van der Waals surface area contributed by atoms with Crippen LogP contribution in [0.2, 0.25) is 0 Å². The van der Waals surface area contributed by atoms with Crippen LogP contribution in [0.5, 0.6) is 0 Å². The molecule has 0 aliphatic heterocycles. The number of ether oxygens (including phenoxy) is 1. The van der Waals surface area contributed by atoms with Crippen molar-refractivity contribution in [3.63, 3.8) is 0 Å². The highest BCUT2D eigenvalue weighted by Crippen LogP contribution is 2.16. The van der Waals surface area contributed by atoms with Crippen LogP contribution in [0.4, 0.5) is 5.69 Å². The van der Waals surface area contributed by atoms with Crippen LogP contribution in [-0.2, 0) is 19.6 Å². The largest absolute Gasteiger partial charge is 0.452 e. The first-order valence-corrected chi connectivity index (χ1v) is 10.2. The molecule has 0 fully saturated rings. The van der Waals surface area contributed by atoms with Crippen molar-refractivity contribution in [2.75, 3.05) is 18.5 Å². The van der Waals surface area contributed by atoms with E-state index in [1.807, 2.05) is 38.1 Å². The van der Waals surface area contributed by atoms with Gasteiger partial charge < -0.3 is 10.1 Å². The Morgan fingerprint density at radius 3 is 2.45 bits per heavy atom. The normalized spacial score (nSPS) is 10.8. The van der Waals surface area contributed by atoms with E-state index >= 15 is 0 Å². The zero-order valence-corrected chi connectivity index (χ0v) is 16.9. The van der Waals surface area contributed by atoms with E-state index < -0.39 is 28.5 Å². The third-order valence-electron chi connectivity index (χ3n) is 3.93. The molecule has 0 aliphatic rings. The van der Waals surface area contributed by atoms with Gasteiger partial charge in [-0.2, -0.15) is 5.26 Å². The smallest absolute Gasteiger partial charge is 0.338 e. The molecule has 0 aromatic heterocycles. The van der Waals surface area contributed by atoms with Gasteiger partial charge in [0.1, 0.15) is 0 Å². The SMILES string of the molecule is Cc1ccc(C)c(NC(=O)COC(=O)c2ccc(S(=O)(=O)NCCC#N)cc2)c1. The molecule has 2 N–H and O–H groups in total. The second-order valence-electron chi connectivity index (χ2n) is 6.27. The first-order chi connectivity index (χ1) is 13.7. The number of nitriles is 1. The minimum Gasteiger partial charge on any atom is -0.452 e. The van der Waals surface area contributed by atoms with Crippen molar-refractivity contribution >= 4 is 27.6 Å². The number of aryl methyl sites for hydroxylation is 2. The van der Waals surface area contributed by atoms with E-state index in [9.17, 15) is 18.0 Å². The molecule has 0 aliphatic carbocycles. The fraction of sp³-hybridized carbons (Fsp3) is 0.250. The van der Waals surface area contributed by atoms with Crippen molar-refractivity contribution in [2.24, 2.45) is 0 Å². The Balaban J connectivity index is 1.93. The Labute approximate surface area is 169 Å². The molecule has 29 heavy (non-hydrogen) atoms. The molecule has 2 aromatic rings. The molecule has 0 bridgehead atoms. The molecule has 2 aromatic carbocycles. The van der Waals surface area contributed by atoms with Gasteiger partial charge in [0.25, 0.3) is 5.91 Å². The summed E-state index contributed by atoms with van der Waals surface area (Å²) in [6.07, 6.45) is 0.0494. The number of rotatable bonds is 8. The maximum atomic E-state index is 12.1. The molecule has 0 heterocycles. The summed E-state index contributed by atoms with van der Waals surface area (Å²) in [6.45, 7) is 3.28. The second kappa shape index (κ2) is 9.82. The zero-order valence-electron chi connectivity index (χ0n) is 16.1. The maximum absolute atomic E-state index is 12.1. The van der Waals surface area contributed by atoms with Gasteiger partial charge in [-0.05, 0) is 55.3 Å². The minimum absolute atomic E-state index is 0.00183. The standard InChI is InChI=1S/C20H21N3O5S/c1-14-4-5-15(2)18(12-14)23-19(24)13-28-20(25)16-6-8-17(9-7-16)29(26,27)22-11-3-10-21/h4-9,12,22H,3,11,13H2,1-2H3,(H,23,24). The monoisotopic (exact) mass is 415 g/mol. The number of sulfonamides is 1. The van der Waals surface area contributed by atoms with Crippen molar-refractivity contribution in [3.05, 3.63) is 59.2 Å². The first-order valence-electron chi connectivity index (χ1n) is 8.74. The van der Waals surface area contributed by atoms with Crippen LogP contribution in [0, 0.1) is 25.2 Å². The number of benzene rings is 2. The summed E-state index contributed by atoms with van der Waals surface area (Å²) < 4.78 is 31.3. The van der Waals surface area contributed by atoms with E-state index in [1.54, 1.807) is 0 Å². The third kappa shape index (κ3) is 6.41. The average molecular weight is 415 g/mol. The maximum Gasteiger partial charge on any atom is 0.338 e. The quantitative estimate of drug-likeness (QED) is 0.503. The lowest BCUT2D eigenvalue weighted by atomic mass is 10.1. The highest BCUT2D eigenvalue weighted by molar-refractivity contribution is 7.89. The number of nitrogens with zero attached hydrogens (tertiary/aromatic N) is 1. The fourth-order valence-electron chi connectivity index (χ4n) is 2.37. The van der Waals surface area contributed by atoms with Gasteiger partial charge >= 0.3 is 5.97 Å². The first kappa shape index (κ1) is 22.1. The summed E-state index contributed by atoms with van der Waals surface area (Å²) >= 11 is 0. The lowest BCUT2D eigenvalue weighted by Gasteiger charge is -2.10. The summed E-state index contributed by atoms with van der Waals surface area (Å²) in [7, 11) is -3.76. The molecular formula is C20H21N3O5S. The Morgan fingerprint density at radius 2 is 1.79 bits per heavy atom. The number of amides is 1.